The summed E-state index contributed by atoms with van der Waals surface area (Å²) in [6.07, 6.45) is 4.51. The second kappa shape index (κ2) is 6.75. The van der Waals surface area contributed by atoms with Gasteiger partial charge < -0.3 is 5.11 Å². The Balaban J connectivity index is 3.24. The zero-order valence-corrected chi connectivity index (χ0v) is 12.4. The van der Waals surface area contributed by atoms with E-state index in [1.54, 1.807) is 11.8 Å². The van der Waals surface area contributed by atoms with E-state index >= 15 is 0 Å². The minimum atomic E-state index is -1.01. The topological polar surface area (TPSA) is 54.4 Å². The Labute approximate surface area is 118 Å². The van der Waals surface area contributed by atoms with Crippen LogP contribution in [-0.2, 0) is 9.59 Å². The van der Waals surface area contributed by atoms with E-state index in [1.807, 2.05) is 24.5 Å². The van der Waals surface area contributed by atoms with Crippen molar-refractivity contribution in [2.24, 2.45) is 0 Å². The van der Waals surface area contributed by atoms with E-state index in [0.29, 0.717) is 0 Å². The average molecular weight is 329 g/mol. The predicted molar refractivity (Wildman–Crippen MR) is 77.2 cm³/mol. The highest BCUT2D eigenvalue weighted by Gasteiger charge is 2.16. The minimum Gasteiger partial charge on any atom is -0.478 e. The van der Waals surface area contributed by atoms with Gasteiger partial charge in [-0.05, 0) is 42.5 Å². The van der Waals surface area contributed by atoms with Crippen LogP contribution in [0.5, 0.6) is 0 Å². The van der Waals surface area contributed by atoms with Gasteiger partial charge in [-0.15, -0.1) is 11.8 Å². The molecular weight excluding hydrogens is 316 g/mol. The van der Waals surface area contributed by atoms with Crippen LogP contribution < -0.4 is 0 Å². The molecular formula is C13H13BrO3S. The van der Waals surface area contributed by atoms with E-state index in [4.69, 9.17) is 5.11 Å². The molecule has 18 heavy (non-hydrogen) atoms. The summed E-state index contributed by atoms with van der Waals surface area (Å²) in [7, 11) is 0. The highest BCUT2D eigenvalue weighted by Crippen LogP contribution is 2.31. The summed E-state index contributed by atoms with van der Waals surface area (Å²) in [5, 5.41) is 8.64. The van der Waals surface area contributed by atoms with Crippen LogP contribution in [0.15, 0.2) is 29.2 Å². The molecule has 0 saturated carbocycles. The molecule has 1 aromatic rings. The fourth-order valence-corrected chi connectivity index (χ4v) is 2.28. The zero-order chi connectivity index (χ0) is 13.7. The molecule has 1 N–H and O–H groups in total. The Bertz CT molecular complexity index is 497. The number of carbonyl (C=O) groups excluding carboxylic acids is 1. The van der Waals surface area contributed by atoms with Gasteiger partial charge in [0.2, 0.25) is 0 Å². The summed E-state index contributed by atoms with van der Waals surface area (Å²) in [6, 6.07) is 5.61. The molecule has 0 aliphatic carbocycles. The lowest BCUT2D eigenvalue weighted by Crippen LogP contribution is -2.03. The number of benzene rings is 1. The fraction of sp³-hybridized carbons (Fsp3) is 0.231. The van der Waals surface area contributed by atoms with Crippen LogP contribution in [0.1, 0.15) is 22.9 Å². The van der Waals surface area contributed by atoms with E-state index in [1.165, 1.54) is 13.0 Å². The Kier molecular flexibility index (Phi) is 5.62. The van der Waals surface area contributed by atoms with Gasteiger partial charge in [-0.1, -0.05) is 22.0 Å². The lowest BCUT2D eigenvalue weighted by molar-refractivity contribution is -0.131. The Morgan fingerprint density at radius 3 is 2.61 bits per heavy atom. The average Bonchev–Trinajstić information content (AvgIpc) is 2.35. The number of halogens is 1. The molecule has 96 valence electrons. The molecule has 0 amide bonds. The number of thioether (sulfide) groups is 1. The summed E-state index contributed by atoms with van der Waals surface area (Å²) >= 11 is 4.90. The van der Waals surface area contributed by atoms with Gasteiger partial charge in [0, 0.05) is 11.0 Å². The number of Topliss-reactive ketones (excluding diaryl/α,β-unsaturated/α-hetero) is 1. The monoisotopic (exact) mass is 328 g/mol. The third kappa shape index (κ3) is 3.99. The van der Waals surface area contributed by atoms with Crippen LogP contribution in [0.25, 0.3) is 6.08 Å². The van der Waals surface area contributed by atoms with Crippen molar-refractivity contribution >= 4 is 45.5 Å². The lowest BCUT2D eigenvalue weighted by Gasteiger charge is -2.12. The van der Waals surface area contributed by atoms with Gasteiger partial charge in [-0.3, -0.25) is 4.79 Å². The van der Waals surface area contributed by atoms with Crippen molar-refractivity contribution in [2.75, 3.05) is 6.26 Å². The summed E-state index contributed by atoms with van der Waals surface area (Å²) in [6.45, 7) is 1.50. The Morgan fingerprint density at radius 1 is 1.44 bits per heavy atom. The molecule has 0 bridgehead atoms. The summed E-state index contributed by atoms with van der Waals surface area (Å²) in [5.74, 6) is -1.03. The van der Waals surface area contributed by atoms with E-state index in [-0.39, 0.29) is 5.78 Å². The maximum absolute atomic E-state index is 11.4. The standard InChI is InChI=1S/C13H13BrO3S/c1-8(15)13(14)11-7-10(18-2)5-3-9(11)4-6-12(16)17/h3-7,13H,1-2H3,(H,16,17). The molecule has 1 atom stereocenters. The van der Waals surface area contributed by atoms with Gasteiger partial charge in [-0.2, -0.15) is 0 Å². The molecule has 0 spiro atoms. The third-order valence-electron chi connectivity index (χ3n) is 2.33. The van der Waals surface area contributed by atoms with Gasteiger partial charge in [0.15, 0.2) is 0 Å². The van der Waals surface area contributed by atoms with Crippen molar-refractivity contribution in [1.82, 2.24) is 0 Å². The highest BCUT2D eigenvalue weighted by molar-refractivity contribution is 9.09. The van der Waals surface area contributed by atoms with Gasteiger partial charge in [0.1, 0.15) is 5.78 Å². The summed E-state index contributed by atoms with van der Waals surface area (Å²) in [5.41, 5.74) is 1.51. The molecule has 1 unspecified atom stereocenters. The number of hydrogen-bond donors (Lipinski definition) is 1. The van der Waals surface area contributed by atoms with Crippen molar-refractivity contribution in [1.29, 1.82) is 0 Å². The Morgan fingerprint density at radius 2 is 2.11 bits per heavy atom. The van der Waals surface area contributed by atoms with E-state index < -0.39 is 10.8 Å². The number of hydrogen-bond acceptors (Lipinski definition) is 3. The predicted octanol–water partition coefficient (Wildman–Crippen LogP) is 3.53. The molecule has 0 heterocycles. The van der Waals surface area contributed by atoms with Crippen molar-refractivity contribution in [2.45, 2.75) is 16.6 Å². The van der Waals surface area contributed by atoms with Gasteiger partial charge in [0.25, 0.3) is 0 Å². The number of carbonyl (C=O) groups is 2. The summed E-state index contributed by atoms with van der Waals surface area (Å²) < 4.78 is 0. The molecule has 5 heteroatoms. The van der Waals surface area contributed by atoms with Gasteiger partial charge in [0.05, 0.1) is 4.83 Å². The molecule has 0 radical (unpaired) electrons. The highest BCUT2D eigenvalue weighted by atomic mass is 79.9. The van der Waals surface area contributed by atoms with Crippen LogP contribution in [0, 0.1) is 0 Å². The second-order valence-corrected chi connectivity index (χ2v) is 5.43. The lowest BCUT2D eigenvalue weighted by atomic mass is 10.0. The summed E-state index contributed by atoms with van der Waals surface area (Å²) in [4.78, 5) is 22.6. The minimum absolute atomic E-state index is 0.0155. The smallest absolute Gasteiger partial charge is 0.328 e. The van der Waals surface area contributed by atoms with E-state index in [2.05, 4.69) is 15.9 Å². The van der Waals surface area contributed by atoms with Crippen LogP contribution in [0.4, 0.5) is 0 Å². The number of rotatable bonds is 5. The van der Waals surface area contributed by atoms with E-state index in [9.17, 15) is 9.59 Å². The third-order valence-corrected chi connectivity index (χ3v) is 4.19. The molecule has 1 rings (SSSR count). The fourth-order valence-electron chi connectivity index (χ4n) is 1.43. The molecule has 1 aromatic carbocycles. The van der Waals surface area contributed by atoms with Crippen LogP contribution in [-0.4, -0.2) is 23.1 Å². The Hall–Kier alpha value is -1.07. The number of carboxylic acids is 1. The number of ketones is 1. The first-order valence-electron chi connectivity index (χ1n) is 5.19. The van der Waals surface area contributed by atoms with Gasteiger partial charge in [-0.25, -0.2) is 4.79 Å². The van der Waals surface area contributed by atoms with Gasteiger partial charge >= 0.3 is 5.97 Å². The largest absolute Gasteiger partial charge is 0.478 e. The van der Waals surface area contributed by atoms with Crippen molar-refractivity contribution < 1.29 is 14.7 Å². The number of alkyl halides is 1. The van der Waals surface area contributed by atoms with Crippen LogP contribution in [0.3, 0.4) is 0 Å². The molecule has 0 aromatic heterocycles. The molecule has 0 aliphatic heterocycles. The van der Waals surface area contributed by atoms with Crippen molar-refractivity contribution in [3.05, 3.63) is 35.4 Å². The van der Waals surface area contributed by atoms with Crippen LogP contribution in [0.2, 0.25) is 0 Å². The molecule has 0 aliphatic rings. The molecule has 3 nitrogen and oxygen atoms in total. The maximum Gasteiger partial charge on any atom is 0.328 e. The van der Waals surface area contributed by atoms with Crippen molar-refractivity contribution in [3.8, 4) is 0 Å². The number of aliphatic carboxylic acids is 1. The second-order valence-electron chi connectivity index (χ2n) is 3.64. The maximum atomic E-state index is 11.4. The van der Waals surface area contributed by atoms with E-state index in [0.717, 1.165) is 22.1 Å². The normalized spacial score (nSPS) is 12.6. The first-order chi connectivity index (χ1) is 8.45. The first kappa shape index (κ1) is 15.0. The zero-order valence-electron chi connectivity index (χ0n) is 10.0. The molecule has 0 saturated heterocycles. The van der Waals surface area contributed by atoms with Crippen LogP contribution >= 0.6 is 27.7 Å². The first-order valence-corrected chi connectivity index (χ1v) is 7.33. The molecule has 0 fully saturated rings. The quantitative estimate of drug-likeness (QED) is 0.510. The van der Waals surface area contributed by atoms with Crippen molar-refractivity contribution in [3.63, 3.8) is 0 Å². The SMILES string of the molecule is CSc1ccc(C=CC(=O)O)c(C(Br)C(C)=O)c1. The number of carboxylic acid groups (broad SMARTS) is 1.